The summed E-state index contributed by atoms with van der Waals surface area (Å²) in [5, 5.41) is 0.740. The molecule has 2 aliphatic rings. The van der Waals surface area contributed by atoms with Gasteiger partial charge in [-0.05, 0) is 42.7 Å². The van der Waals surface area contributed by atoms with Gasteiger partial charge in [0.25, 0.3) is 0 Å². The van der Waals surface area contributed by atoms with E-state index in [-0.39, 0.29) is 24.6 Å². The van der Waals surface area contributed by atoms with E-state index in [0.717, 1.165) is 34.7 Å². The number of ether oxygens (including phenoxy) is 4. The molecule has 4 rings (SSSR count). The minimum absolute atomic E-state index is 0.0380. The number of hydrogen-bond acceptors (Lipinski definition) is 4. The fraction of sp³-hybridized carbons (Fsp3) is 0.400. The zero-order chi connectivity index (χ0) is 17.2. The molecule has 1 unspecified atom stereocenters. The average molecular weight is 361 g/mol. The third-order valence-corrected chi connectivity index (χ3v) is 5.06. The standard InChI is InChI=1S/C20H21ClO4/c1-22-16-8-4-14(5-9-16)20-23-12-19-18(25-20)11-10-17(24-19)13-2-6-15(21)7-3-13/h2-9,17-20H,10-12H2,1H3/t17-,18+,19-,20?/m1/s1. The fourth-order valence-corrected chi connectivity index (χ4v) is 3.54. The van der Waals surface area contributed by atoms with Crippen LogP contribution in [-0.4, -0.2) is 25.9 Å². The van der Waals surface area contributed by atoms with Crippen LogP contribution >= 0.6 is 11.6 Å². The molecule has 2 saturated heterocycles. The summed E-state index contributed by atoms with van der Waals surface area (Å²) in [5.41, 5.74) is 2.15. The predicted molar refractivity (Wildman–Crippen MR) is 94.9 cm³/mol. The Hall–Kier alpha value is -1.59. The lowest BCUT2D eigenvalue weighted by Crippen LogP contribution is -2.45. The summed E-state index contributed by atoms with van der Waals surface area (Å²) in [5.74, 6) is 0.823. The Balaban J connectivity index is 1.40. The Morgan fingerprint density at radius 3 is 2.32 bits per heavy atom. The topological polar surface area (TPSA) is 36.9 Å². The fourth-order valence-electron chi connectivity index (χ4n) is 3.41. The molecule has 2 aromatic carbocycles. The summed E-state index contributed by atoms with van der Waals surface area (Å²) in [4.78, 5) is 0. The van der Waals surface area contributed by atoms with Crippen LogP contribution < -0.4 is 4.74 Å². The minimum Gasteiger partial charge on any atom is -0.497 e. The summed E-state index contributed by atoms with van der Waals surface area (Å²) in [6, 6.07) is 15.6. The van der Waals surface area contributed by atoms with Crippen molar-refractivity contribution in [2.75, 3.05) is 13.7 Å². The molecule has 4 atom stereocenters. The van der Waals surface area contributed by atoms with Gasteiger partial charge in [-0.2, -0.15) is 0 Å². The lowest BCUT2D eigenvalue weighted by Gasteiger charge is -2.42. The van der Waals surface area contributed by atoms with Crippen LogP contribution in [0.2, 0.25) is 5.02 Å². The predicted octanol–water partition coefficient (Wildman–Crippen LogP) is 4.68. The zero-order valence-corrected chi connectivity index (χ0v) is 14.8. The second kappa shape index (κ2) is 7.34. The molecule has 2 fully saturated rings. The molecule has 0 spiro atoms. The second-order valence-corrected chi connectivity index (χ2v) is 6.84. The molecule has 2 aromatic rings. The number of halogens is 1. The first-order valence-corrected chi connectivity index (χ1v) is 8.92. The Morgan fingerprint density at radius 2 is 1.60 bits per heavy atom. The van der Waals surface area contributed by atoms with Crippen LogP contribution in [0.15, 0.2) is 48.5 Å². The van der Waals surface area contributed by atoms with Gasteiger partial charge < -0.3 is 18.9 Å². The summed E-state index contributed by atoms with van der Waals surface area (Å²) in [7, 11) is 1.66. The summed E-state index contributed by atoms with van der Waals surface area (Å²) < 4.78 is 23.5. The third kappa shape index (κ3) is 3.67. The third-order valence-electron chi connectivity index (χ3n) is 4.81. The van der Waals surface area contributed by atoms with E-state index in [4.69, 9.17) is 30.5 Å². The number of hydrogen-bond donors (Lipinski definition) is 0. The van der Waals surface area contributed by atoms with Crippen LogP contribution in [-0.2, 0) is 14.2 Å². The second-order valence-electron chi connectivity index (χ2n) is 6.41. The van der Waals surface area contributed by atoms with Gasteiger partial charge in [0, 0.05) is 10.6 Å². The normalized spacial score (nSPS) is 29.0. The van der Waals surface area contributed by atoms with Crippen molar-refractivity contribution in [3.63, 3.8) is 0 Å². The molecular formula is C20H21ClO4. The first-order chi connectivity index (χ1) is 12.2. The molecule has 0 aliphatic carbocycles. The molecule has 0 amide bonds. The van der Waals surface area contributed by atoms with Crippen LogP contribution in [0.3, 0.4) is 0 Å². The highest BCUT2D eigenvalue weighted by Gasteiger charge is 2.38. The highest BCUT2D eigenvalue weighted by molar-refractivity contribution is 6.30. The van der Waals surface area contributed by atoms with Gasteiger partial charge >= 0.3 is 0 Å². The lowest BCUT2D eigenvalue weighted by molar-refractivity contribution is -0.289. The molecule has 5 heteroatoms. The Labute approximate surface area is 152 Å². The molecule has 0 saturated carbocycles. The quantitative estimate of drug-likeness (QED) is 0.796. The average Bonchev–Trinajstić information content (AvgIpc) is 2.68. The smallest absolute Gasteiger partial charge is 0.184 e. The van der Waals surface area contributed by atoms with Crippen LogP contribution in [0.25, 0.3) is 0 Å². The zero-order valence-electron chi connectivity index (χ0n) is 14.1. The van der Waals surface area contributed by atoms with Gasteiger partial charge in [0.2, 0.25) is 0 Å². The molecular weight excluding hydrogens is 340 g/mol. The molecule has 0 N–H and O–H groups in total. The van der Waals surface area contributed by atoms with Crippen LogP contribution in [0, 0.1) is 0 Å². The maximum atomic E-state index is 6.22. The number of benzene rings is 2. The van der Waals surface area contributed by atoms with Crippen molar-refractivity contribution in [1.82, 2.24) is 0 Å². The van der Waals surface area contributed by atoms with Crippen molar-refractivity contribution in [3.05, 3.63) is 64.7 Å². The van der Waals surface area contributed by atoms with Crippen molar-refractivity contribution in [1.29, 1.82) is 0 Å². The van der Waals surface area contributed by atoms with Gasteiger partial charge in [0.15, 0.2) is 6.29 Å². The van der Waals surface area contributed by atoms with E-state index in [9.17, 15) is 0 Å². The maximum absolute atomic E-state index is 6.22. The van der Waals surface area contributed by atoms with Crippen LogP contribution in [0.1, 0.15) is 36.4 Å². The molecule has 4 nitrogen and oxygen atoms in total. The first-order valence-electron chi connectivity index (χ1n) is 8.55. The number of rotatable bonds is 3. The molecule has 0 radical (unpaired) electrons. The molecule has 25 heavy (non-hydrogen) atoms. The van der Waals surface area contributed by atoms with Gasteiger partial charge in [0.1, 0.15) is 11.9 Å². The molecule has 0 bridgehead atoms. The summed E-state index contributed by atoms with van der Waals surface area (Å²) in [6.07, 6.45) is 1.63. The van der Waals surface area contributed by atoms with Gasteiger partial charge in [-0.15, -0.1) is 0 Å². The van der Waals surface area contributed by atoms with Crippen molar-refractivity contribution in [2.24, 2.45) is 0 Å². The van der Waals surface area contributed by atoms with Gasteiger partial charge in [-0.25, -0.2) is 0 Å². The van der Waals surface area contributed by atoms with Gasteiger partial charge in [-0.3, -0.25) is 0 Å². The van der Waals surface area contributed by atoms with Crippen molar-refractivity contribution < 1.29 is 18.9 Å². The lowest BCUT2D eigenvalue weighted by atomic mass is 9.96. The molecule has 2 heterocycles. The van der Waals surface area contributed by atoms with E-state index in [1.54, 1.807) is 7.11 Å². The number of methoxy groups -OCH3 is 1. The van der Waals surface area contributed by atoms with Crippen molar-refractivity contribution in [3.8, 4) is 5.75 Å². The summed E-state index contributed by atoms with van der Waals surface area (Å²) in [6.45, 7) is 0.533. The minimum atomic E-state index is -0.345. The Bertz CT molecular complexity index is 701. The highest BCUT2D eigenvalue weighted by atomic mass is 35.5. The largest absolute Gasteiger partial charge is 0.497 e. The van der Waals surface area contributed by atoms with Gasteiger partial charge in [0.05, 0.1) is 25.9 Å². The van der Waals surface area contributed by atoms with Crippen LogP contribution in [0.4, 0.5) is 0 Å². The van der Waals surface area contributed by atoms with Crippen LogP contribution in [0.5, 0.6) is 5.75 Å². The van der Waals surface area contributed by atoms with Crippen molar-refractivity contribution >= 4 is 11.6 Å². The van der Waals surface area contributed by atoms with Gasteiger partial charge in [-0.1, -0.05) is 35.9 Å². The van der Waals surface area contributed by atoms with E-state index in [1.165, 1.54) is 0 Å². The molecule has 2 aliphatic heterocycles. The maximum Gasteiger partial charge on any atom is 0.184 e. The highest BCUT2D eigenvalue weighted by Crippen LogP contribution is 2.38. The van der Waals surface area contributed by atoms with E-state index < -0.39 is 0 Å². The first kappa shape index (κ1) is 16.9. The Kier molecular flexibility index (Phi) is 4.95. The number of fused-ring (bicyclic) bond motifs is 1. The monoisotopic (exact) mass is 360 g/mol. The molecule has 132 valence electrons. The van der Waals surface area contributed by atoms with E-state index in [1.807, 2.05) is 48.5 Å². The summed E-state index contributed by atoms with van der Waals surface area (Å²) >= 11 is 5.97. The SMILES string of the molecule is COc1ccc(C2OC[C@H]3O[C@@H](c4ccc(Cl)cc4)CC[C@@H]3O2)cc1. The molecule has 0 aromatic heterocycles. The van der Waals surface area contributed by atoms with Crippen molar-refractivity contribution in [2.45, 2.75) is 37.4 Å². The Morgan fingerprint density at radius 1 is 0.880 bits per heavy atom. The van der Waals surface area contributed by atoms with E-state index >= 15 is 0 Å². The van der Waals surface area contributed by atoms with E-state index in [2.05, 4.69) is 0 Å². The van der Waals surface area contributed by atoms with E-state index in [0.29, 0.717) is 6.61 Å².